The second-order valence-corrected chi connectivity index (χ2v) is 8.13. The van der Waals surface area contributed by atoms with Gasteiger partial charge in [-0.15, -0.1) is 0 Å². The maximum Gasteiger partial charge on any atom is 0.261 e. The molecular formula is C24H28N4O2. The summed E-state index contributed by atoms with van der Waals surface area (Å²) >= 11 is 0. The fourth-order valence-corrected chi connectivity index (χ4v) is 4.18. The molecule has 1 unspecified atom stereocenters. The highest BCUT2D eigenvalue weighted by Crippen LogP contribution is 2.20. The number of rotatable bonds is 5. The van der Waals surface area contributed by atoms with Gasteiger partial charge in [-0.25, -0.2) is 4.98 Å². The number of benzene rings is 2. The Labute approximate surface area is 176 Å². The number of aryl methyl sites for hydroxylation is 1. The van der Waals surface area contributed by atoms with Crippen molar-refractivity contribution in [3.05, 3.63) is 70.3 Å². The van der Waals surface area contributed by atoms with Crippen molar-refractivity contribution in [3.8, 4) is 0 Å². The van der Waals surface area contributed by atoms with E-state index in [1.54, 1.807) is 19.1 Å². The van der Waals surface area contributed by atoms with E-state index >= 15 is 0 Å². The van der Waals surface area contributed by atoms with Gasteiger partial charge in [0.2, 0.25) is 5.91 Å². The van der Waals surface area contributed by atoms with E-state index in [0.717, 1.165) is 18.8 Å². The number of para-hydroxylation sites is 1. The number of hydrogen-bond acceptors (Lipinski definition) is 4. The average molecular weight is 405 g/mol. The van der Waals surface area contributed by atoms with Crippen molar-refractivity contribution >= 4 is 22.5 Å². The summed E-state index contributed by atoms with van der Waals surface area (Å²) in [6.45, 7) is 5.98. The van der Waals surface area contributed by atoms with Crippen LogP contribution in [0, 0.1) is 6.92 Å². The zero-order chi connectivity index (χ0) is 21.1. The normalized spacial score (nSPS) is 17.2. The minimum atomic E-state index is -0.235. The van der Waals surface area contributed by atoms with Crippen molar-refractivity contribution in [1.82, 2.24) is 14.5 Å². The van der Waals surface area contributed by atoms with Crippen molar-refractivity contribution in [2.24, 2.45) is 0 Å². The first-order chi connectivity index (χ1) is 14.5. The number of anilines is 1. The topological polar surface area (TPSA) is 67.2 Å². The van der Waals surface area contributed by atoms with Gasteiger partial charge >= 0.3 is 0 Å². The zero-order valence-corrected chi connectivity index (χ0v) is 17.6. The van der Waals surface area contributed by atoms with E-state index in [9.17, 15) is 9.59 Å². The molecule has 1 amide bonds. The van der Waals surface area contributed by atoms with Gasteiger partial charge in [0, 0.05) is 18.3 Å². The maximum absolute atomic E-state index is 12.8. The van der Waals surface area contributed by atoms with E-state index in [0.29, 0.717) is 22.8 Å². The second kappa shape index (κ2) is 8.79. The van der Waals surface area contributed by atoms with Crippen molar-refractivity contribution in [2.45, 2.75) is 52.2 Å². The first-order valence-corrected chi connectivity index (χ1v) is 10.6. The molecule has 0 saturated carbocycles. The monoisotopic (exact) mass is 404 g/mol. The Hall–Kier alpha value is -2.99. The summed E-state index contributed by atoms with van der Waals surface area (Å²) in [5.41, 5.74) is 2.39. The molecule has 4 rings (SSSR count). The van der Waals surface area contributed by atoms with E-state index < -0.39 is 0 Å². The first kappa shape index (κ1) is 20.3. The Kier molecular flexibility index (Phi) is 5.95. The summed E-state index contributed by atoms with van der Waals surface area (Å²) in [6.07, 6.45) is 3.79. The van der Waals surface area contributed by atoms with Gasteiger partial charge in [-0.2, -0.15) is 0 Å². The van der Waals surface area contributed by atoms with Crippen LogP contribution in [-0.2, 0) is 17.9 Å². The van der Waals surface area contributed by atoms with Gasteiger partial charge in [-0.1, -0.05) is 30.7 Å². The average Bonchev–Trinajstić information content (AvgIpc) is 2.73. The summed E-state index contributed by atoms with van der Waals surface area (Å²) in [7, 11) is 0. The fourth-order valence-electron chi connectivity index (χ4n) is 4.18. The lowest BCUT2D eigenvalue weighted by Gasteiger charge is -2.33. The number of carbonyl (C=O) groups excluding carboxylic acids is 1. The highest BCUT2D eigenvalue weighted by molar-refractivity contribution is 5.91. The molecule has 3 aromatic rings. The van der Waals surface area contributed by atoms with E-state index in [4.69, 9.17) is 0 Å². The van der Waals surface area contributed by atoms with Crippen molar-refractivity contribution < 1.29 is 4.79 Å². The second-order valence-electron chi connectivity index (χ2n) is 8.13. The summed E-state index contributed by atoms with van der Waals surface area (Å²) in [4.78, 5) is 32.4. The van der Waals surface area contributed by atoms with Crippen LogP contribution in [-0.4, -0.2) is 32.9 Å². The summed E-state index contributed by atoms with van der Waals surface area (Å²) in [5, 5.41) is 3.46. The molecule has 0 bridgehead atoms. The van der Waals surface area contributed by atoms with Crippen LogP contribution >= 0.6 is 0 Å². The number of fused-ring (bicyclic) bond motifs is 1. The van der Waals surface area contributed by atoms with E-state index in [1.165, 1.54) is 29.4 Å². The molecule has 1 N–H and O–H groups in total. The molecule has 0 aliphatic carbocycles. The van der Waals surface area contributed by atoms with Crippen LogP contribution < -0.4 is 10.9 Å². The van der Waals surface area contributed by atoms with Gasteiger partial charge in [0.1, 0.15) is 12.4 Å². The minimum Gasteiger partial charge on any atom is -0.325 e. The number of carbonyl (C=O) groups is 1. The molecule has 1 saturated heterocycles. The van der Waals surface area contributed by atoms with Crippen LogP contribution in [0.15, 0.2) is 53.3 Å². The predicted molar refractivity (Wildman–Crippen MR) is 120 cm³/mol. The summed E-state index contributed by atoms with van der Waals surface area (Å²) < 4.78 is 1.43. The van der Waals surface area contributed by atoms with Crippen LogP contribution in [0.3, 0.4) is 0 Å². The van der Waals surface area contributed by atoms with Gasteiger partial charge in [-0.3, -0.25) is 19.1 Å². The van der Waals surface area contributed by atoms with Crippen molar-refractivity contribution in [2.75, 3.05) is 11.9 Å². The molecule has 156 valence electrons. The number of aromatic nitrogens is 2. The van der Waals surface area contributed by atoms with Gasteiger partial charge in [0.25, 0.3) is 5.56 Å². The summed E-state index contributed by atoms with van der Waals surface area (Å²) in [5.74, 6) is 0.294. The highest BCUT2D eigenvalue weighted by Gasteiger charge is 2.18. The molecule has 2 heterocycles. The van der Waals surface area contributed by atoms with E-state index in [1.807, 2.05) is 30.3 Å². The lowest BCUT2D eigenvalue weighted by Crippen LogP contribution is -2.36. The lowest BCUT2D eigenvalue weighted by atomic mass is 10.0. The van der Waals surface area contributed by atoms with E-state index in [2.05, 4.69) is 28.2 Å². The Balaban J connectivity index is 1.47. The number of likely N-dealkylation sites (tertiary alicyclic amines) is 1. The first-order valence-electron chi connectivity index (χ1n) is 10.6. The third-order valence-electron chi connectivity index (χ3n) is 5.89. The Morgan fingerprint density at radius 3 is 2.83 bits per heavy atom. The van der Waals surface area contributed by atoms with E-state index in [-0.39, 0.29) is 18.0 Å². The highest BCUT2D eigenvalue weighted by atomic mass is 16.2. The number of nitrogens with zero attached hydrogens (tertiary/aromatic N) is 3. The van der Waals surface area contributed by atoms with Gasteiger partial charge in [0.05, 0.1) is 10.9 Å². The van der Waals surface area contributed by atoms with Crippen molar-refractivity contribution in [1.29, 1.82) is 0 Å². The molecule has 30 heavy (non-hydrogen) atoms. The van der Waals surface area contributed by atoms with Crippen molar-refractivity contribution in [3.63, 3.8) is 0 Å². The van der Waals surface area contributed by atoms with Gasteiger partial charge in [0.15, 0.2) is 0 Å². The Morgan fingerprint density at radius 2 is 2.00 bits per heavy atom. The number of hydrogen-bond donors (Lipinski definition) is 1. The predicted octanol–water partition coefficient (Wildman–Crippen LogP) is 3.72. The molecule has 1 aliphatic heterocycles. The molecule has 1 atom stereocenters. The SMILES string of the molecule is Cc1nc2ccccc2c(=O)n1CC(=O)Nc1cccc(CN2CCCCC2C)c1. The molecule has 6 heteroatoms. The third kappa shape index (κ3) is 4.44. The maximum atomic E-state index is 12.8. The van der Waals surface area contributed by atoms with Crippen LogP contribution in [0.2, 0.25) is 0 Å². The number of amides is 1. The number of nitrogens with one attached hydrogen (secondary N) is 1. The lowest BCUT2D eigenvalue weighted by molar-refractivity contribution is -0.116. The molecule has 1 fully saturated rings. The zero-order valence-electron chi connectivity index (χ0n) is 17.6. The van der Waals surface area contributed by atoms with Crippen LogP contribution in [0.5, 0.6) is 0 Å². The number of piperidine rings is 1. The quantitative estimate of drug-likeness (QED) is 0.704. The summed E-state index contributed by atoms with van der Waals surface area (Å²) in [6, 6.07) is 15.8. The Bertz CT molecular complexity index is 1120. The fraction of sp³-hybridized carbons (Fsp3) is 0.375. The van der Waals surface area contributed by atoms with Gasteiger partial charge < -0.3 is 5.32 Å². The molecule has 6 nitrogen and oxygen atoms in total. The third-order valence-corrected chi connectivity index (χ3v) is 5.89. The molecule has 0 spiro atoms. The van der Waals surface area contributed by atoms with Crippen LogP contribution in [0.1, 0.15) is 37.6 Å². The molecule has 1 aliphatic rings. The standard InChI is InChI=1S/C24H28N4O2/c1-17-8-5-6-13-27(17)15-19-9-7-10-20(14-19)26-23(29)16-28-18(2)25-22-12-4-3-11-21(22)24(28)30/h3-4,7,9-12,14,17H,5-6,8,13,15-16H2,1-2H3,(H,26,29). The van der Waals surface area contributed by atoms with Crippen LogP contribution in [0.4, 0.5) is 5.69 Å². The smallest absolute Gasteiger partial charge is 0.261 e. The molecule has 0 radical (unpaired) electrons. The molecule has 2 aromatic carbocycles. The molecule has 1 aromatic heterocycles. The Morgan fingerprint density at radius 1 is 1.17 bits per heavy atom. The molecular weight excluding hydrogens is 376 g/mol. The minimum absolute atomic E-state index is 0.0596. The van der Waals surface area contributed by atoms with Gasteiger partial charge in [-0.05, 0) is 63.1 Å². The van der Waals surface area contributed by atoms with Crippen LogP contribution in [0.25, 0.3) is 10.9 Å². The largest absolute Gasteiger partial charge is 0.325 e.